The number of aryl methyl sites for hydroxylation is 1. The third kappa shape index (κ3) is 2.06. The summed E-state index contributed by atoms with van der Waals surface area (Å²) in [5.41, 5.74) is 3.25. The molecule has 1 heterocycles. The van der Waals surface area contributed by atoms with E-state index in [-0.39, 0.29) is 19.3 Å². The maximum absolute atomic E-state index is 9.29. The topological polar surface area (TPSA) is 43.7 Å². The Morgan fingerprint density at radius 2 is 2.19 bits per heavy atom. The molecule has 0 saturated carbocycles. The van der Waals surface area contributed by atoms with Gasteiger partial charge in [-0.3, -0.25) is 0 Å². The molecule has 1 saturated heterocycles. The van der Waals surface area contributed by atoms with E-state index in [0.717, 1.165) is 36.2 Å². The molecule has 0 bridgehead atoms. The van der Waals surface area contributed by atoms with E-state index in [1.165, 1.54) is 0 Å². The van der Waals surface area contributed by atoms with Crippen molar-refractivity contribution in [3.63, 3.8) is 0 Å². The monoisotopic (exact) mass is 221 g/mol. The molecule has 0 spiro atoms. The van der Waals surface area contributed by atoms with Crippen molar-refractivity contribution in [3.8, 4) is 0 Å². The van der Waals surface area contributed by atoms with Gasteiger partial charge in [0, 0.05) is 12.2 Å². The first-order chi connectivity index (χ1) is 7.76. The Balaban J connectivity index is 2.23. The predicted molar refractivity (Wildman–Crippen MR) is 64.6 cm³/mol. The van der Waals surface area contributed by atoms with Crippen LogP contribution >= 0.6 is 0 Å². The van der Waals surface area contributed by atoms with E-state index in [1.807, 2.05) is 19.1 Å². The van der Waals surface area contributed by atoms with E-state index in [9.17, 15) is 5.11 Å². The highest BCUT2D eigenvalue weighted by atomic mass is 16.3. The van der Waals surface area contributed by atoms with E-state index < -0.39 is 0 Å². The minimum absolute atomic E-state index is 0.0928. The van der Waals surface area contributed by atoms with Crippen LogP contribution in [0.2, 0.25) is 0 Å². The summed E-state index contributed by atoms with van der Waals surface area (Å²) < 4.78 is 0. The average Bonchev–Trinajstić information content (AvgIpc) is 2.77. The Kier molecular flexibility index (Phi) is 3.46. The predicted octanol–water partition coefficient (Wildman–Crippen LogP) is 1.45. The number of benzene rings is 1. The molecule has 2 N–H and O–H groups in total. The van der Waals surface area contributed by atoms with Gasteiger partial charge < -0.3 is 15.1 Å². The normalized spacial score (nSPS) is 20.4. The lowest BCUT2D eigenvalue weighted by Crippen LogP contribution is -2.32. The Bertz CT molecular complexity index is 365. The first kappa shape index (κ1) is 11.4. The molecule has 1 aromatic carbocycles. The zero-order valence-corrected chi connectivity index (χ0v) is 9.69. The molecule has 88 valence electrons. The van der Waals surface area contributed by atoms with Gasteiger partial charge in [-0.2, -0.15) is 0 Å². The van der Waals surface area contributed by atoms with Crippen LogP contribution in [0.3, 0.4) is 0 Å². The third-order valence-corrected chi connectivity index (χ3v) is 3.42. The maximum Gasteiger partial charge on any atom is 0.0684 e. The fourth-order valence-electron chi connectivity index (χ4n) is 2.40. The van der Waals surface area contributed by atoms with Crippen molar-refractivity contribution >= 4 is 5.69 Å². The van der Waals surface area contributed by atoms with E-state index in [0.29, 0.717) is 0 Å². The molecule has 3 nitrogen and oxygen atoms in total. The second-order valence-corrected chi connectivity index (χ2v) is 4.44. The van der Waals surface area contributed by atoms with Gasteiger partial charge in [0.15, 0.2) is 0 Å². The van der Waals surface area contributed by atoms with Crippen LogP contribution in [0.15, 0.2) is 18.2 Å². The van der Waals surface area contributed by atoms with Crippen LogP contribution in [-0.2, 0) is 6.61 Å². The van der Waals surface area contributed by atoms with Crippen molar-refractivity contribution in [1.82, 2.24) is 0 Å². The standard InChI is InChI=1S/C13H19NO2/c1-10-7-12(5-4-11(10)8-15)14-6-2-3-13(14)9-16/h4-5,7,13,15-16H,2-3,6,8-9H2,1H3. The first-order valence-electron chi connectivity index (χ1n) is 5.84. The number of aliphatic hydroxyl groups is 2. The Labute approximate surface area is 96.3 Å². The summed E-state index contributed by atoms with van der Waals surface area (Å²) in [6.45, 7) is 3.35. The fraction of sp³-hybridized carbons (Fsp3) is 0.538. The summed E-state index contributed by atoms with van der Waals surface area (Å²) in [5.74, 6) is 0. The number of rotatable bonds is 3. The van der Waals surface area contributed by atoms with Crippen molar-refractivity contribution in [2.45, 2.75) is 32.4 Å². The van der Waals surface area contributed by atoms with Crippen LogP contribution in [0.25, 0.3) is 0 Å². The van der Waals surface area contributed by atoms with Crippen LogP contribution in [0.4, 0.5) is 5.69 Å². The maximum atomic E-state index is 9.29. The average molecular weight is 221 g/mol. The molecule has 0 amide bonds. The van der Waals surface area contributed by atoms with E-state index in [1.54, 1.807) is 0 Å². The summed E-state index contributed by atoms with van der Waals surface area (Å²) in [4.78, 5) is 2.26. The summed E-state index contributed by atoms with van der Waals surface area (Å²) in [5, 5.41) is 18.4. The van der Waals surface area contributed by atoms with Gasteiger partial charge in [-0.1, -0.05) is 6.07 Å². The van der Waals surface area contributed by atoms with Gasteiger partial charge in [-0.05, 0) is 43.0 Å². The molecule has 1 fully saturated rings. The number of aliphatic hydroxyl groups excluding tert-OH is 2. The molecule has 1 aliphatic rings. The Morgan fingerprint density at radius 1 is 1.38 bits per heavy atom. The van der Waals surface area contributed by atoms with Gasteiger partial charge in [-0.15, -0.1) is 0 Å². The Hall–Kier alpha value is -1.06. The van der Waals surface area contributed by atoms with Crippen LogP contribution in [0.5, 0.6) is 0 Å². The van der Waals surface area contributed by atoms with Gasteiger partial charge in [0.1, 0.15) is 0 Å². The zero-order chi connectivity index (χ0) is 11.5. The van der Waals surface area contributed by atoms with Crippen molar-refractivity contribution in [3.05, 3.63) is 29.3 Å². The minimum atomic E-state index is 0.0928. The van der Waals surface area contributed by atoms with E-state index in [2.05, 4.69) is 11.0 Å². The molecule has 1 unspecified atom stereocenters. The zero-order valence-electron chi connectivity index (χ0n) is 9.69. The summed E-state index contributed by atoms with van der Waals surface area (Å²) in [7, 11) is 0. The number of hydrogen-bond donors (Lipinski definition) is 2. The molecule has 16 heavy (non-hydrogen) atoms. The summed E-state index contributed by atoms with van der Waals surface area (Å²) >= 11 is 0. The quantitative estimate of drug-likeness (QED) is 0.812. The van der Waals surface area contributed by atoms with E-state index >= 15 is 0 Å². The van der Waals surface area contributed by atoms with Crippen molar-refractivity contribution in [2.75, 3.05) is 18.1 Å². The number of hydrogen-bond acceptors (Lipinski definition) is 3. The molecule has 0 aromatic heterocycles. The second-order valence-electron chi connectivity index (χ2n) is 4.44. The minimum Gasteiger partial charge on any atom is -0.394 e. The summed E-state index contributed by atoms with van der Waals surface area (Å²) in [6.07, 6.45) is 2.21. The van der Waals surface area contributed by atoms with E-state index in [4.69, 9.17) is 5.11 Å². The van der Waals surface area contributed by atoms with Crippen LogP contribution < -0.4 is 4.90 Å². The van der Waals surface area contributed by atoms with Gasteiger partial charge >= 0.3 is 0 Å². The van der Waals surface area contributed by atoms with Gasteiger partial charge in [0.2, 0.25) is 0 Å². The lowest BCUT2D eigenvalue weighted by atomic mass is 10.1. The van der Waals surface area contributed by atoms with Crippen molar-refractivity contribution in [2.24, 2.45) is 0 Å². The van der Waals surface area contributed by atoms with Crippen LogP contribution in [0, 0.1) is 6.92 Å². The second kappa shape index (κ2) is 4.85. The lowest BCUT2D eigenvalue weighted by Gasteiger charge is -2.26. The molecule has 0 aliphatic carbocycles. The molecular formula is C13H19NO2. The molecule has 2 rings (SSSR count). The molecule has 3 heteroatoms. The Morgan fingerprint density at radius 3 is 2.81 bits per heavy atom. The lowest BCUT2D eigenvalue weighted by molar-refractivity contribution is 0.266. The smallest absolute Gasteiger partial charge is 0.0684 e. The SMILES string of the molecule is Cc1cc(N2CCCC2CO)ccc1CO. The molecular weight excluding hydrogens is 202 g/mol. The molecule has 1 aromatic rings. The van der Waals surface area contributed by atoms with Crippen LogP contribution in [0.1, 0.15) is 24.0 Å². The highest BCUT2D eigenvalue weighted by molar-refractivity contribution is 5.52. The fourth-order valence-corrected chi connectivity index (χ4v) is 2.40. The number of anilines is 1. The van der Waals surface area contributed by atoms with Crippen molar-refractivity contribution < 1.29 is 10.2 Å². The molecule has 1 aliphatic heterocycles. The number of nitrogens with zero attached hydrogens (tertiary/aromatic N) is 1. The first-order valence-corrected chi connectivity index (χ1v) is 5.84. The summed E-state index contributed by atoms with van der Waals surface area (Å²) in [6, 6.07) is 6.36. The molecule has 1 atom stereocenters. The molecule has 0 radical (unpaired) electrons. The third-order valence-electron chi connectivity index (χ3n) is 3.42. The highest BCUT2D eigenvalue weighted by Gasteiger charge is 2.23. The van der Waals surface area contributed by atoms with Crippen LogP contribution in [-0.4, -0.2) is 29.4 Å². The highest BCUT2D eigenvalue weighted by Crippen LogP contribution is 2.27. The van der Waals surface area contributed by atoms with Gasteiger partial charge in [0.25, 0.3) is 0 Å². The largest absolute Gasteiger partial charge is 0.394 e. The van der Waals surface area contributed by atoms with Gasteiger partial charge in [-0.25, -0.2) is 0 Å². The van der Waals surface area contributed by atoms with Gasteiger partial charge in [0.05, 0.1) is 19.3 Å². The van der Waals surface area contributed by atoms with Crippen molar-refractivity contribution in [1.29, 1.82) is 0 Å².